The minimum atomic E-state index is -1.25. The Morgan fingerprint density at radius 3 is 2.25 bits per heavy atom. The summed E-state index contributed by atoms with van der Waals surface area (Å²) in [6.07, 6.45) is 4.29. The van der Waals surface area contributed by atoms with E-state index in [1.54, 1.807) is 47.4 Å². The van der Waals surface area contributed by atoms with Crippen molar-refractivity contribution in [3.05, 3.63) is 88.1 Å². The number of H-pyrrole nitrogens is 2. The Kier molecular flexibility index (Phi) is 10.2. The summed E-state index contributed by atoms with van der Waals surface area (Å²) in [5.41, 5.74) is 4.10. The Hall–Kier alpha value is -6.16. The van der Waals surface area contributed by atoms with Crippen molar-refractivity contribution in [1.29, 1.82) is 0 Å². The second kappa shape index (κ2) is 15.4. The summed E-state index contributed by atoms with van der Waals surface area (Å²) >= 11 is 1.62. The molecule has 16 heteroatoms. The molecule has 4 atom stereocenters. The van der Waals surface area contributed by atoms with E-state index < -0.39 is 29.8 Å². The van der Waals surface area contributed by atoms with Crippen molar-refractivity contribution in [2.75, 3.05) is 13.1 Å². The van der Waals surface area contributed by atoms with Gasteiger partial charge in [0.05, 0.1) is 57.5 Å². The molecular weight excluding hydrogens is 800 g/mol. The molecule has 7 heterocycles. The van der Waals surface area contributed by atoms with E-state index in [-0.39, 0.29) is 30.0 Å². The fourth-order valence-electron chi connectivity index (χ4n) is 8.91. The van der Waals surface area contributed by atoms with Gasteiger partial charge in [0.15, 0.2) is 0 Å². The zero-order valence-electron chi connectivity index (χ0n) is 34.9. The van der Waals surface area contributed by atoms with Crippen LogP contribution in [0.5, 0.6) is 5.75 Å². The van der Waals surface area contributed by atoms with Gasteiger partial charge in [0.2, 0.25) is 12.1 Å². The van der Waals surface area contributed by atoms with E-state index in [2.05, 4.69) is 30.9 Å². The molecular formula is C45H49FN8O6S. The number of likely N-dealkylation sites (tertiary alicyclic amines) is 2. The van der Waals surface area contributed by atoms with Crippen LogP contribution in [0.15, 0.2) is 60.9 Å². The largest absolute Gasteiger partial charge is 0.465 e. The monoisotopic (exact) mass is 848 g/mol. The lowest BCUT2D eigenvalue weighted by Gasteiger charge is -2.30. The van der Waals surface area contributed by atoms with Gasteiger partial charge < -0.3 is 34.8 Å². The van der Waals surface area contributed by atoms with Crippen molar-refractivity contribution in [3.8, 4) is 39.5 Å². The average Bonchev–Trinajstić information content (AvgIpc) is 4.06. The summed E-state index contributed by atoms with van der Waals surface area (Å²) in [6, 6.07) is 14.0. The Balaban J connectivity index is 1.04. The van der Waals surface area contributed by atoms with Gasteiger partial charge in [0, 0.05) is 34.5 Å². The van der Waals surface area contributed by atoms with Gasteiger partial charge in [0.25, 0.3) is 0 Å². The van der Waals surface area contributed by atoms with E-state index in [1.165, 1.54) is 6.07 Å². The van der Waals surface area contributed by atoms with Crippen LogP contribution in [0, 0.1) is 18.7 Å². The fourth-order valence-corrected chi connectivity index (χ4v) is 9.81. The maximum Gasteiger partial charge on any atom is 0.410 e. The molecule has 3 aliphatic rings. The number of nitrogens with zero attached hydrogens (tertiary/aromatic N) is 5. The van der Waals surface area contributed by atoms with Gasteiger partial charge in [-0.2, -0.15) is 0 Å². The highest BCUT2D eigenvalue weighted by molar-refractivity contribution is 7.12. The number of fused-ring (bicyclic) bond motifs is 5. The summed E-state index contributed by atoms with van der Waals surface area (Å²) in [4.78, 5) is 59.8. The first-order valence-corrected chi connectivity index (χ1v) is 21.6. The van der Waals surface area contributed by atoms with Crippen molar-refractivity contribution >= 4 is 40.3 Å². The number of hydrogen-bond donors (Lipinski definition) is 4. The number of carbonyl (C=O) groups excluding carboxylic acids is 2. The molecule has 4 N–H and O–H groups in total. The zero-order chi connectivity index (χ0) is 42.9. The number of carbonyl (C=O) groups is 3. The van der Waals surface area contributed by atoms with Gasteiger partial charge in [-0.1, -0.05) is 19.9 Å². The number of carboxylic acid groups (broad SMARTS) is 1. The second-order valence-electron chi connectivity index (χ2n) is 17.5. The molecule has 14 nitrogen and oxygen atoms in total. The number of halogens is 1. The van der Waals surface area contributed by atoms with Crippen LogP contribution < -0.4 is 10.1 Å². The van der Waals surface area contributed by atoms with Gasteiger partial charge in [-0.25, -0.2) is 23.9 Å². The lowest BCUT2D eigenvalue weighted by molar-refractivity contribution is -0.135. The van der Waals surface area contributed by atoms with E-state index in [4.69, 9.17) is 14.5 Å². The highest BCUT2D eigenvalue weighted by atomic mass is 32.1. The number of nitrogens with one attached hydrogen (secondary N) is 3. The molecule has 2 aromatic carbocycles. The van der Waals surface area contributed by atoms with Crippen LogP contribution >= 0.6 is 11.3 Å². The molecule has 0 saturated carbocycles. The molecule has 9 rings (SSSR count). The molecule has 0 spiro atoms. The molecule has 0 radical (unpaired) electrons. The minimum Gasteiger partial charge on any atom is -0.465 e. The van der Waals surface area contributed by atoms with E-state index in [1.807, 2.05) is 64.1 Å². The quantitative estimate of drug-likeness (QED) is 0.117. The topological polar surface area (TPSA) is 171 Å². The van der Waals surface area contributed by atoms with Gasteiger partial charge in [-0.05, 0) is 102 Å². The molecule has 3 aliphatic heterocycles. The molecule has 61 heavy (non-hydrogen) atoms. The van der Waals surface area contributed by atoms with Crippen molar-refractivity contribution in [3.63, 3.8) is 0 Å². The first-order valence-electron chi connectivity index (χ1n) is 20.8. The predicted molar refractivity (Wildman–Crippen MR) is 229 cm³/mol. The Morgan fingerprint density at radius 1 is 0.934 bits per heavy atom. The van der Waals surface area contributed by atoms with E-state index in [9.17, 15) is 19.5 Å². The molecule has 2 fully saturated rings. The molecule has 3 amide bonds. The molecule has 0 aliphatic carbocycles. The SMILES string of the molecule is Cc1ccc(C2Oc3cc(-c4cnc([C@@H]5CCCN5C(=O)[C@@H](NC(=O)O)C(C)C)[nH]4)cc(F)c3-c3cc4cc(-c5cnc([C@@H]6CCCN6C(=O)OC(C)(C)C)[nH]5)ccc4n32)s1. The second-order valence-corrected chi connectivity index (χ2v) is 18.8. The van der Waals surface area contributed by atoms with Crippen molar-refractivity contribution in [2.24, 2.45) is 5.92 Å². The molecule has 0 bridgehead atoms. The minimum absolute atomic E-state index is 0.217. The van der Waals surface area contributed by atoms with Crippen LogP contribution in [0.2, 0.25) is 0 Å². The number of aromatic amines is 2. The average molecular weight is 849 g/mol. The first-order chi connectivity index (χ1) is 29.1. The number of hydrogen-bond acceptors (Lipinski definition) is 8. The lowest BCUT2D eigenvalue weighted by Crippen LogP contribution is -2.50. The Morgan fingerprint density at radius 2 is 1.61 bits per heavy atom. The molecule has 318 valence electrons. The van der Waals surface area contributed by atoms with Crippen LogP contribution in [-0.2, 0) is 9.53 Å². The van der Waals surface area contributed by atoms with E-state index in [0.29, 0.717) is 59.4 Å². The third kappa shape index (κ3) is 7.51. The van der Waals surface area contributed by atoms with Gasteiger partial charge in [-0.15, -0.1) is 11.3 Å². The van der Waals surface area contributed by atoms with Gasteiger partial charge in [-0.3, -0.25) is 14.3 Å². The van der Waals surface area contributed by atoms with E-state index in [0.717, 1.165) is 51.2 Å². The summed E-state index contributed by atoms with van der Waals surface area (Å²) < 4.78 is 31.2. The van der Waals surface area contributed by atoms with Crippen molar-refractivity contribution in [2.45, 2.75) is 97.2 Å². The normalized spacial score (nSPS) is 19.2. The Labute approximate surface area is 356 Å². The number of ether oxygens (including phenoxy) is 2. The summed E-state index contributed by atoms with van der Waals surface area (Å²) in [5, 5.41) is 12.7. The number of amides is 3. The van der Waals surface area contributed by atoms with Crippen LogP contribution in [0.3, 0.4) is 0 Å². The molecule has 1 unspecified atom stereocenters. The number of aromatic nitrogens is 5. The highest BCUT2D eigenvalue weighted by Crippen LogP contribution is 2.48. The summed E-state index contributed by atoms with van der Waals surface area (Å²) in [5.74, 6) is 0.634. The van der Waals surface area contributed by atoms with Crippen molar-refractivity contribution < 1.29 is 33.4 Å². The third-order valence-corrected chi connectivity index (χ3v) is 12.7. The standard InChI is InChI=1S/C45H49FN8O6S/c1-23(2)38(51-43(56)57)41(55)52-15-7-9-32(52)39-48-22-30(50-39)26-18-28(46)37-34-19-27-17-25(12-13-31(27)54(34)42(59-35(37)20-26)36-14-11-24(3)61-36)29-21-47-40(49-29)33-10-8-16-53(33)44(58)60-45(4,5)6/h11-14,17-23,32-33,38,42,51H,7-10,15-16H2,1-6H3,(H,47,49)(H,48,50)(H,56,57)/t32-,33-,38-,42?/m0/s1. The van der Waals surface area contributed by atoms with Crippen LogP contribution in [-0.4, -0.2) is 82.2 Å². The van der Waals surface area contributed by atoms with E-state index >= 15 is 4.39 Å². The molecule has 6 aromatic rings. The smallest absolute Gasteiger partial charge is 0.410 e. The van der Waals surface area contributed by atoms with Gasteiger partial charge >= 0.3 is 12.2 Å². The number of rotatable bonds is 8. The first kappa shape index (κ1) is 40.3. The maximum atomic E-state index is 16.7. The molecule has 2 saturated heterocycles. The van der Waals surface area contributed by atoms with Gasteiger partial charge in [0.1, 0.15) is 34.9 Å². The number of benzene rings is 2. The van der Waals surface area contributed by atoms with Crippen LogP contribution in [0.1, 0.15) is 100 Å². The number of imidazole rings is 2. The fraction of sp³-hybridized carbons (Fsp3) is 0.400. The highest BCUT2D eigenvalue weighted by Gasteiger charge is 2.39. The number of thiophene rings is 1. The summed E-state index contributed by atoms with van der Waals surface area (Å²) in [6.45, 7) is 12.3. The zero-order valence-corrected chi connectivity index (χ0v) is 35.7. The number of aryl methyl sites for hydroxylation is 1. The van der Waals surface area contributed by atoms with Crippen LogP contribution in [0.25, 0.3) is 44.7 Å². The Bertz CT molecular complexity index is 2670. The van der Waals surface area contributed by atoms with Crippen LogP contribution in [0.4, 0.5) is 14.0 Å². The predicted octanol–water partition coefficient (Wildman–Crippen LogP) is 9.56. The van der Waals surface area contributed by atoms with Crippen molar-refractivity contribution in [1.82, 2.24) is 39.6 Å². The lowest BCUT2D eigenvalue weighted by atomic mass is 10.0. The third-order valence-electron chi connectivity index (χ3n) is 11.7. The molecule has 4 aromatic heterocycles. The summed E-state index contributed by atoms with van der Waals surface area (Å²) in [7, 11) is 0. The maximum absolute atomic E-state index is 16.7.